The van der Waals surface area contributed by atoms with E-state index in [-0.39, 0.29) is 22.8 Å². The molecule has 0 radical (unpaired) electrons. The topological polar surface area (TPSA) is 115 Å². The average Bonchev–Trinajstić information content (AvgIpc) is 3.32. The van der Waals surface area contributed by atoms with Crippen LogP contribution < -0.4 is 0 Å². The summed E-state index contributed by atoms with van der Waals surface area (Å²) in [7, 11) is -7.53. The fourth-order valence-electron chi connectivity index (χ4n) is 4.01. The Morgan fingerprint density at radius 1 is 1.00 bits per heavy atom. The van der Waals surface area contributed by atoms with Crippen molar-refractivity contribution in [1.29, 1.82) is 0 Å². The Balaban J connectivity index is 1.79. The first kappa shape index (κ1) is 23.7. The Morgan fingerprint density at radius 2 is 1.65 bits per heavy atom. The molecule has 2 aromatic heterocycles. The first-order valence-electron chi connectivity index (χ1n) is 10.1. The van der Waals surface area contributed by atoms with E-state index in [0.29, 0.717) is 27.9 Å². The van der Waals surface area contributed by atoms with Crippen LogP contribution in [0.15, 0.2) is 70.6 Å². The number of rotatable bonds is 7. The molecule has 11 heteroatoms. The van der Waals surface area contributed by atoms with Crippen LogP contribution in [0.2, 0.25) is 0 Å². The number of carboxylic acid groups (broad SMARTS) is 1. The fourth-order valence-corrected chi connectivity index (χ4v) is 6.01. The molecule has 0 saturated carbocycles. The molecule has 1 N–H and O–H groups in total. The van der Waals surface area contributed by atoms with Crippen LogP contribution in [-0.4, -0.2) is 42.7 Å². The fraction of sp³-hybridized carbons (Fsp3) is 0.174. The lowest BCUT2D eigenvalue weighted by atomic mass is 10.1. The molecule has 2 heterocycles. The van der Waals surface area contributed by atoms with Gasteiger partial charge in [0.25, 0.3) is 10.0 Å². The van der Waals surface area contributed by atoms with Gasteiger partial charge in [-0.2, -0.15) is 0 Å². The maximum absolute atomic E-state index is 14.0. The lowest BCUT2D eigenvalue weighted by Crippen LogP contribution is -2.15. The smallest absolute Gasteiger partial charge is 0.323 e. The minimum absolute atomic E-state index is 0.00284. The van der Waals surface area contributed by atoms with Gasteiger partial charge in [-0.3, -0.25) is 4.79 Å². The lowest BCUT2D eigenvalue weighted by molar-refractivity contribution is -0.137. The van der Waals surface area contributed by atoms with Crippen LogP contribution in [0.4, 0.5) is 4.39 Å². The minimum Gasteiger partial charge on any atom is -0.480 e. The zero-order valence-electron chi connectivity index (χ0n) is 18.3. The summed E-state index contributed by atoms with van der Waals surface area (Å²) in [6.07, 6.45) is 2.51. The number of carboxylic acids is 1. The van der Waals surface area contributed by atoms with Gasteiger partial charge in [0.05, 0.1) is 9.79 Å². The number of benzene rings is 2. The van der Waals surface area contributed by atoms with E-state index in [0.717, 1.165) is 10.2 Å². The first-order valence-corrected chi connectivity index (χ1v) is 13.4. The van der Waals surface area contributed by atoms with Crippen molar-refractivity contribution in [2.75, 3.05) is 6.26 Å². The van der Waals surface area contributed by atoms with Crippen LogP contribution >= 0.6 is 0 Å². The van der Waals surface area contributed by atoms with E-state index < -0.39 is 31.6 Å². The van der Waals surface area contributed by atoms with Crippen molar-refractivity contribution in [1.82, 2.24) is 8.54 Å². The van der Waals surface area contributed by atoms with E-state index in [1.54, 1.807) is 23.6 Å². The summed E-state index contributed by atoms with van der Waals surface area (Å²) < 4.78 is 66.6. The minimum atomic E-state index is -4.05. The maximum atomic E-state index is 14.0. The largest absolute Gasteiger partial charge is 0.480 e. The second-order valence-electron chi connectivity index (χ2n) is 7.93. The molecule has 0 saturated heterocycles. The summed E-state index contributed by atoms with van der Waals surface area (Å²) in [5.41, 5.74) is 2.12. The van der Waals surface area contributed by atoms with E-state index in [4.69, 9.17) is 0 Å². The highest BCUT2D eigenvalue weighted by atomic mass is 32.2. The summed E-state index contributed by atoms with van der Waals surface area (Å²) >= 11 is 0. The lowest BCUT2D eigenvalue weighted by Gasteiger charge is -2.12. The number of carbonyl (C=O) groups is 1. The quantitative estimate of drug-likeness (QED) is 0.413. The van der Waals surface area contributed by atoms with Gasteiger partial charge >= 0.3 is 5.97 Å². The molecular weight excluding hydrogens is 483 g/mol. The number of hydrogen-bond acceptors (Lipinski definition) is 5. The molecule has 0 amide bonds. The van der Waals surface area contributed by atoms with Gasteiger partial charge in [0.1, 0.15) is 12.4 Å². The second-order valence-corrected chi connectivity index (χ2v) is 11.8. The number of halogens is 1. The summed E-state index contributed by atoms with van der Waals surface area (Å²) in [4.78, 5) is 11.3. The van der Waals surface area contributed by atoms with Gasteiger partial charge in [0.2, 0.25) is 0 Å². The average molecular weight is 505 g/mol. The Bertz CT molecular complexity index is 1630. The molecule has 4 aromatic rings. The summed E-state index contributed by atoms with van der Waals surface area (Å²) in [6, 6.07) is 12.2. The molecule has 0 spiro atoms. The Labute approximate surface area is 195 Å². The maximum Gasteiger partial charge on any atom is 0.323 e. The van der Waals surface area contributed by atoms with Crippen LogP contribution in [0.1, 0.15) is 17.0 Å². The molecule has 8 nitrogen and oxygen atoms in total. The van der Waals surface area contributed by atoms with Gasteiger partial charge in [-0.25, -0.2) is 25.2 Å². The van der Waals surface area contributed by atoms with Crippen LogP contribution in [-0.2, 0) is 37.6 Å². The highest BCUT2D eigenvalue weighted by Crippen LogP contribution is 2.30. The van der Waals surface area contributed by atoms with Crippen molar-refractivity contribution >= 4 is 36.7 Å². The highest BCUT2D eigenvalue weighted by Gasteiger charge is 2.23. The SMILES string of the molecule is Cc1c(Cc2cccn2S(=O)(=O)c2ccc(S(C)(=O)=O)cc2)c2cc(F)ccc2n1CC(=O)O. The standard InChI is InChI=1S/C23H21FN2O6S2/c1-15-20(21-12-16(24)5-10-22(21)25(15)14-23(27)28)13-17-4-3-11-26(17)34(31,32)19-8-6-18(7-9-19)33(2,29)30/h3-12H,13-14H2,1-2H3,(H,27,28). The molecule has 0 fully saturated rings. The molecule has 0 atom stereocenters. The third-order valence-electron chi connectivity index (χ3n) is 5.67. The van der Waals surface area contributed by atoms with Crippen LogP contribution in [0.25, 0.3) is 10.9 Å². The van der Waals surface area contributed by atoms with Crippen molar-refractivity contribution in [3.8, 4) is 0 Å². The van der Waals surface area contributed by atoms with E-state index >= 15 is 0 Å². The number of nitrogens with zero attached hydrogens (tertiary/aromatic N) is 2. The predicted molar refractivity (Wildman–Crippen MR) is 124 cm³/mol. The van der Waals surface area contributed by atoms with Gasteiger partial charge in [0.15, 0.2) is 9.84 Å². The van der Waals surface area contributed by atoms with Crippen LogP contribution in [0, 0.1) is 12.7 Å². The van der Waals surface area contributed by atoms with Crippen molar-refractivity contribution in [3.63, 3.8) is 0 Å². The molecule has 178 valence electrons. The van der Waals surface area contributed by atoms with Gasteiger partial charge < -0.3 is 9.67 Å². The molecule has 4 rings (SSSR count). The first-order chi connectivity index (χ1) is 15.9. The summed E-state index contributed by atoms with van der Waals surface area (Å²) in [6.45, 7) is 1.39. The zero-order valence-corrected chi connectivity index (χ0v) is 19.9. The Morgan fingerprint density at radius 3 is 2.26 bits per heavy atom. The highest BCUT2D eigenvalue weighted by molar-refractivity contribution is 7.91. The van der Waals surface area contributed by atoms with Crippen molar-refractivity contribution in [3.05, 3.63) is 83.6 Å². The van der Waals surface area contributed by atoms with E-state index in [1.807, 2.05) is 0 Å². The van der Waals surface area contributed by atoms with Crippen molar-refractivity contribution in [2.24, 2.45) is 0 Å². The third-order valence-corrected chi connectivity index (χ3v) is 8.54. The summed E-state index contributed by atoms with van der Waals surface area (Å²) in [5, 5.41) is 9.80. The molecule has 2 aromatic carbocycles. The van der Waals surface area contributed by atoms with Gasteiger partial charge in [0, 0.05) is 41.2 Å². The number of fused-ring (bicyclic) bond motifs is 1. The normalized spacial score (nSPS) is 12.3. The van der Waals surface area contributed by atoms with Gasteiger partial charge in [-0.15, -0.1) is 0 Å². The van der Waals surface area contributed by atoms with Crippen LogP contribution in [0.3, 0.4) is 0 Å². The van der Waals surface area contributed by atoms with E-state index in [2.05, 4.69) is 0 Å². The van der Waals surface area contributed by atoms with Crippen LogP contribution in [0.5, 0.6) is 0 Å². The molecule has 0 aliphatic rings. The van der Waals surface area contributed by atoms with Crippen molar-refractivity contribution in [2.45, 2.75) is 29.7 Å². The molecule has 34 heavy (non-hydrogen) atoms. The number of hydrogen-bond donors (Lipinski definition) is 1. The number of aliphatic carboxylic acids is 1. The third kappa shape index (κ3) is 4.24. The van der Waals surface area contributed by atoms with E-state index in [1.165, 1.54) is 48.7 Å². The molecule has 0 aliphatic carbocycles. The molecule has 0 bridgehead atoms. The number of aromatic nitrogens is 2. The van der Waals surface area contributed by atoms with E-state index in [9.17, 15) is 31.1 Å². The second kappa shape index (κ2) is 8.41. The Kier molecular flexibility index (Phi) is 5.86. The summed E-state index contributed by atoms with van der Waals surface area (Å²) in [5.74, 6) is -1.55. The Hall–Kier alpha value is -3.44. The van der Waals surface area contributed by atoms with Gasteiger partial charge in [-0.05, 0) is 67.1 Å². The molecule has 0 aliphatic heterocycles. The molecular formula is C23H21FN2O6S2. The monoisotopic (exact) mass is 504 g/mol. The van der Waals surface area contributed by atoms with Gasteiger partial charge in [-0.1, -0.05) is 0 Å². The molecule has 0 unspecified atom stereocenters. The number of sulfone groups is 1. The zero-order chi connectivity index (χ0) is 24.8. The predicted octanol–water partition coefficient (Wildman–Crippen LogP) is 3.21. The van der Waals surface area contributed by atoms with Crippen molar-refractivity contribution < 1.29 is 31.1 Å².